The van der Waals surface area contributed by atoms with Crippen molar-refractivity contribution in [2.24, 2.45) is 0 Å². The molecule has 0 radical (unpaired) electrons. The SMILES string of the molecule is c1ccc(CCN2CCN(CCc3ccc(-c4ccccn4)c(OC4CCCC4)c3)CC2)cc1. The van der Waals surface area contributed by atoms with Gasteiger partial charge in [-0.2, -0.15) is 0 Å². The Morgan fingerprint density at radius 2 is 1.41 bits per heavy atom. The van der Waals surface area contributed by atoms with Crippen molar-refractivity contribution in [3.63, 3.8) is 0 Å². The van der Waals surface area contributed by atoms with Gasteiger partial charge in [-0.3, -0.25) is 4.98 Å². The minimum Gasteiger partial charge on any atom is -0.490 e. The van der Waals surface area contributed by atoms with Crippen molar-refractivity contribution in [2.45, 2.75) is 44.6 Å². The van der Waals surface area contributed by atoms with Crippen LogP contribution in [0.2, 0.25) is 0 Å². The lowest BCUT2D eigenvalue weighted by atomic mass is 10.0. The van der Waals surface area contributed by atoms with Crippen LogP contribution >= 0.6 is 0 Å². The van der Waals surface area contributed by atoms with Crippen LogP contribution in [-0.4, -0.2) is 60.2 Å². The summed E-state index contributed by atoms with van der Waals surface area (Å²) < 4.78 is 6.51. The lowest BCUT2D eigenvalue weighted by Crippen LogP contribution is -2.47. The van der Waals surface area contributed by atoms with Crippen LogP contribution in [0, 0.1) is 0 Å². The zero-order valence-electron chi connectivity index (χ0n) is 20.2. The molecule has 2 aliphatic rings. The lowest BCUT2D eigenvalue weighted by molar-refractivity contribution is 0.134. The van der Waals surface area contributed by atoms with Gasteiger partial charge >= 0.3 is 0 Å². The Morgan fingerprint density at radius 1 is 0.735 bits per heavy atom. The van der Waals surface area contributed by atoms with Crippen LogP contribution in [0.3, 0.4) is 0 Å². The number of pyridine rings is 1. The van der Waals surface area contributed by atoms with Crippen molar-refractivity contribution < 1.29 is 4.74 Å². The maximum Gasteiger partial charge on any atom is 0.129 e. The van der Waals surface area contributed by atoms with Gasteiger partial charge in [0.25, 0.3) is 0 Å². The van der Waals surface area contributed by atoms with Gasteiger partial charge in [-0.1, -0.05) is 42.5 Å². The first-order valence-electron chi connectivity index (χ1n) is 13.0. The molecule has 2 fully saturated rings. The molecule has 3 aromatic rings. The Balaban J connectivity index is 1.15. The van der Waals surface area contributed by atoms with Crippen molar-refractivity contribution >= 4 is 0 Å². The molecule has 4 nitrogen and oxygen atoms in total. The van der Waals surface area contributed by atoms with Crippen LogP contribution in [0.4, 0.5) is 0 Å². The zero-order chi connectivity index (χ0) is 23.0. The standard InChI is InChI=1S/C30H37N3O/c1-2-8-25(9-3-1)15-18-32-20-22-33(23-21-32)19-16-26-13-14-28(29-12-6-7-17-31-29)30(24-26)34-27-10-4-5-11-27/h1-3,6-9,12-14,17,24,27H,4-5,10-11,15-16,18-23H2. The van der Waals surface area contributed by atoms with E-state index >= 15 is 0 Å². The Kier molecular flexibility index (Phi) is 7.89. The molecule has 0 atom stereocenters. The minimum atomic E-state index is 0.349. The van der Waals surface area contributed by atoms with E-state index in [0.29, 0.717) is 6.10 Å². The van der Waals surface area contributed by atoms with Crippen LogP contribution in [0.5, 0.6) is 5.75 Å². The van der Waals surface area contributed by atoms with Gasteiger partial charge in [-0.05, 0) is 73.9 Å². The molecule has 178 valence electrons. The second-order valence-electron chi connectivity index (χ2n) is 9.74. The third-order valence-electron chi connectivity index (χ3n) is 7.32. The van der Waals surface area contributed by atoms with Crippen LogP contribution < -0.4 is 4.74 Å². The summed E-state index contributed by atoms with van der Waals surface area (Å²) in [4.78, 5) is 9.81. The maximum absolute atomic E-state index is 6.51. The predicted molar refractivity (Wildman–Crippen MR) is 139 cm³/mol. The molecule has 0 spiro atoms. The largest absolute Gasteiger partial charge is 0.490 e. The molecule has 0 unspecified atom stereocenters. The highest BCUT2D eigenvalue weighted by Gasteiger charge is 2.20. The fourth-order valence-corrected chi connectivity index (χ4v) is 5.19. The van der Waals surface area contributed by atoms with Gasteiger partial charge in [0.05, 0.1) is 11.8 Å². The van der Waals surface area contributed by atoms with Crippen LogP contribution in [-0.2, 0) is 12.8 Å². The highest BCUT2D eigenvalue weighted by molar-refractivity contribution is 5.67. The van der Waals surface area contributed by atoms with E-state index in [1.54, 1.807) is 0 Å². The van der Waals surface area contributed by atoms with Crippen molar-refractivity contribution in [1.82, 2.24) is 14.8 Å². The highest BCUT2D eigenvalue weighted by atomic mass is 16.5. The van der Waals surface area contributed by atoms with Crippen LogP contribution in [0.1, 0.15) is 36.8 Å². The summed E-state index contributed by atoms with van der Waals surface area (Å²) in [6.45, 7) is 6.93. The molecule has 1 aliphatic carbocycles. The molecule has 0 bridgehead atoms. The van der Waals surface area contributed by atoms with E-state index in [1.807, 2.05) is 12.3 Å². The van der Waals surface area contributed by atoms with Gasteiger partial charge in [0, 0.05) is 51.0 Å². The summed E-state index contributed by atoms with van der Waals surface area (Å²) >= 11 is 0. The van der Waals surface area contributed by atoms with Gasteiger partial charge in [-0.25, -0.2) is 0 Å². The number of piperazine rings is 1. The molecule has 1 saturated heterocycles. The smallest absolute Gasteiger partial charge is 0.129 e. The summed E-state index contributed by atoms with van der Waals surface area (Å²) in [6, 6.07) is 23.7. The quantitative estimate of drug-likeness (QED) is 0.428. The second-order valence-corrected chi connectivity index (χ2v) is 9.74. The molecule has 34 heavy (non-hydrogen) atoms. The third-order valence-corrected chi connectivity index (χ3v) is 7.32. The molecule has 0 N–H and O–H groups in total. The fourth-order valence-electron chi connectivity index (χ4n) is 5.19. The van der Waals surface area contributed by atoms with E-state index in [4.69, 9.17) is 4.74 Å². The number of hydrogen-bond donors (Lipinski definition) is 0. The third kappa shape index (κ3) is 6.25. The molecule has 1 aromatic heterocycles. The molecule has 1 saturated carbocycles. The average Bonchev–Trinajstić information content (AvgIpc) is 3.41. The number of ether oxygens (including phenoxy) is 1. The number of benzene rings is 2. The minimum absolute atomic E-state index is 0.349. The first-order valence-corrected chi connectivity index (χ1v) is 13.0. The summed E-state index contributed by atoms with van der Waals surface area (Å²) in [7, 11) is 0. The van der Waals surface area contributed by atoms with Crippen molar-refractivity contribution in [3.05, 3.63) is 84.1 Å². The molecule has 2 aromatic carbocycles. The van der Waals surface area contributed by atoms with Gasteiger partial charge in [0.1, 0.15) is 5.75 Å². The highest BCUT2D eigenvalue weighted by Crippen LogP contribution is 2.33. The predicted octanol–water partition coefficient (Wildman–Crippen LogP) is 5.47. The second kappa shape index (κ2) is 11.6. The van der Waals surface area contributed by atoms with Crippen LogP contribution in [0.25, 0.3) is 11.3 Å². The van der Waals surface area contributed by atoms with E-state index in [0.717, 1.165) is 56.0 Å². The molecule has 2 heterocycles. The number of rotatable bonds is 9. The molecule has 4 heteroatoms. The van der Waals surface area contributed by atoms with Gasteiger partial charge < -0.3 is 14.5 Å². The van der Waals surface area contributed by atoms with E-state index in [2.05, 4.69) is 75.4 Å². The van der Waals surface area contributed by atoms with E-state index in [9.17, 15) is 0 Å². The topological polar surface area (TPSA) is 28.6 Å². The summed E-state index contributed by atoms with van der Waals surface area (Å²) in [5, 5.41) is 0. The van der Waals surface area contributed by atoms with Crippen LogP contribution in [0.15, 0.2) is 72.9 Å². The monoisotopic (exact) mass is 455 g/mol. The Morgan fingerprint density at radius 3 is 2.09 bits per heavy atom. The molecule has 5 rings (SSSR count). The first-order chi connectivity index (χ1) is 16.8. The molecular formula is C30H37N3O. The number of hydrogen-bond acceptors (Lipinski definition) is 4. The average molecular weight is 456 g/mol. The van der Waals surface area contributed by atoms with E-state index in [-0.39, 0.29) is 0 Å². The van der Waals surface area contributed by atoms with E-state index in [1.165, 1.54) is 49.9 Å². The summed E-state index contributed by atoms with van der Waals surface area (Å²) in [6.07, 6.45) is 9.31. The summed E-state index contributed by atoms with van der Waals surface area (Å²) in [5.74, 6) is 1.01. The maximum atomic E-state index is 6.51. The molecule has 1 aliphatic heterocycles. The van der Waals surface area contributed by atoms with Crippen molar-refractivity contribution in [1.29, 1.82) is 0 Å². The Labute approximate surface area is 204 Å². The zero-order valence-corrected chi connectivity index (χ0v) is 20.2. The normalized spacial score (nSPS) is 17.8. The number of aromatic nitrogens is 1. The van der Waals surface area contributed by atoms with Gasteiger partial charge in [-0.15, -0.1) is 0 Å². The fraction of sp³-hybridized carbons (Fsp3) is 0.433. The Hall–Kier alpha value is -2.69. The molecule has 0 amide bonds. The molecular weight excluding hydrogens is 418 g/mol. The summed E-state index contributed by atoms with van der Waals surface area (Å²) in [5.41, 5.74) is 4.91. The van der Waals surface area contributed by atoms with Crippen molar-refractivity contribution in [2.75, 3.05) is 39.3 Å². The van der Waals surface area contributed by atoms with Gasteiger partial charge in [0.15, 0.2) is 0 Å². The number of nitrogens with zero attached hydrogens (tertiary/aromatic N) is 3. The first kappa shape index (κ1) is 23.1. The van der Waals surface area contributed by atoms with Crippen molar-refractivity contribution in [3.8, 4) is 17.0 Å². The van der Waals surface area contributed by atoms with Gasteiger partial charge in [0.2, 0.25) is 0 Å². The lowest BCUT2D eigenvalue weighted by Gasteiger charge is -2.34. The van der Waals surface area contributed by atoms with E-state index < -0.39 is 0 Å². The Bertz CT molecular complexity index is 1010.